The number of nitrogens with zero attached hydrogens (tertiary/aromatic N) is 1. The predicted molar refractivity (Wildman–Crippen MR) is 112 cm³/mol. The molecule has 0 spiro atoms. The van der Waals surface area contributed by atoms with Gasteiger partial charge in [0.1, 0.15) is 18.1 Å². The summed E-state index contributed by atoms with van der Waals surface area (Å²) in [6.45, 7) is 9.50. The van der Waals surface area contributed by atoms with E-state index in [1.54, 1.807) is 25.1 Å². The number of benzene rings is 2. The van der Waals surface area contributed by atoms with Gasteiger partial charge in [-0.2, -0.15) is 0 Å². The van der Waals surface area contributed by atoms with Gasteiger partial charge in [0.05, 0.1) is 18.6 Å². The average molecular weight is 395 g/mol. The number of para-hydroxylation sites is 1. The second-order valence-electron chi connectivity index (χ2n) is 5.86. The van der Waals surface area contributed by atoms with E-state index in [1.807, 2.05) is 44.2 Å². The number of methoxy groups -OCH3 is 1. The van der Waals surface area contributed by atoms with Gasteiger partial charge >= 0.3 is 5.97 Å². The predicted octanol–water partition coefficient (Wildman–Crippen LogP) is 5.60. The van der Waals surface area contributed by atoms with Crippen molar-refractivity contribution in [2.45, 2.75) is 27.4 Å². The number of esters is 1. The van der Waals surface area contributed by atoms with Gasteiger partial charge in [0.25, 0.3) is 0 Å². The molecule has 2 aromatic carbocycles. The highest BCUT2D eigenvalue weighted by Crippen LogP contribution is 2.34. The van der Waals surface area contributed by atoms with Gasteiger partial charge < -0.3 is 19.3 Å². The Morgan fingerprint density at radius 2 is 1.76 bits per heavy atom. The average Bonchev–Trinajstić information content (AvgIpc) is 2.75. The van der Waals surface area contributed by atoms with E-state index in [1.165, 1.54) is 7.11 Å². The second kappa shape index (κ2) is 10.1. The smallest absolute Gasteiger partial charge is 0.360 e. The molecule has 1 aromatic heterocycles. The number of aromatic hydroxyl groups is 1. The van der Waals surface area contributed by atoms with Crippen molar-refractivity contribution >= 4 is 16.7 Å². The number of ether oxygens (including phenoxy) is 3. The SMILES string of the molecule is C=C(C)OCc1nc(C(=O)OC)c(O)c2ccc(Oc3ccccc3)cc12.CC. The molecule has 0 aliphatic heterocycles. The van der Waals surface area contributed by atoms with Gasteiger partial charge in [-0.1, -0.05) is 38.6 Å². The van der Waals surface area contributed by atoms with Crippen LogP contribution in [-0.2, 0) is 16.1 Å². The van der Waals surface area contributed by atoms with Crippen molar-refractivity contribution in [2.75, 3.05) is 7.11 Å². The van der Waals surface area contributed by atoms with Gasteiger partial charge in [-0.05, 0) is 37.3 Å². The molecule has 0 fully saturated rings. The number of rotatable bonds is 6. The molecule has 1 N–H and O–H groups in total. The third-order valence-electron chi connectivity index (χ3n) is 3.84. The summed E-state index contributed by atoms with van der Waals surface area (Å²) in [5, 5.41) is 11.5. The molecule has 0 atom stereocenters. The molecule has 0 unspecified atom stereocenters. The summed E-state index contributed by atoms with van der Waals surface area (Å²) in [6, 6.07) is 14.4. The summed E-state index contributed by atoms with van der Waals surface area (Å²) in [6.07, 6.45) is 0. The second-order valence-corrected chi connectivity index (χ2v) is 5.86. The third-order valence-corrected chi connectivity index (χ3v) is 3.84. The molecule has 0 saturated heterocycles. The number of allylic oxidation sites excluding steroid dienone is 1. The standard InChI is InChI=1S/C21H19NO5.C2H6/c1-13(2)26-12-18-17-11-15(27-14-7-5-4-6-8-14)9-10-16(17)20(23)19(22-18)21(24)25-3;1-2/h4-11,23H,1,12H2,2-3H3;1-2H3. The van der Waals surface area contributed by atoms with E-state index in [0.717, 1.165) is 0 Å². The van der Waals surface area contributed by atoms with Crippen molar-refractivity contribution in [3.05, 3.63) is 72.3 Å². The normalized spacial score (nSPS) is 9.93. The van der Waals surface area contributed by atoms with Crippen molar-refractivity contribution in [1.29, 1.82) is 0 Å². The topological polar surface area (TPSA) is 77.9 Å². The van der Waals surface area contributed by atoms with Gasteiger partial charge in [-0.25, -0.2) is 9.78 Å². The highest BCUT2D eigenvalue weighted by atomic mass is 16.5. The lowest BCUT2D eigenvalue weighted by atomic mass is 10.1. The van der Waals surface area contributed by atoms with Gasteiger partial charge in [0.2, 0.25) is 0 Å². The third kappa shape index (κ3) is 5.25. The van der Waals surface area contributed by atoms with Crippen molar-refractivity contribution in [3.63, 3.8) is 0 Å². The van der Waals surface area contributed by atoms with Crippen LogP contribution in [0.2, 0.25) is 0 Å². The first-order valence-electron chi connectivity index (χ1n) is 9.24. The van der Waals surface area contributed by atoms with Gasteiger partial charge in [0, 0.05) is 10.8 Å². The lowest BCUT2D eigenvalue weighted by molar-refractivity contribution is 0.0590. The minimum absolute atomic E-state index is 0.0882. The zero-order chi connectivity index (χ0) is 21.4. The Kier molecular flexibility index (Phi) is 7.60. The molecule has 0 amide bonds. The molecule has 0 aliphatic rings. The number of carbonyl (C=O) groups is 1. The van der Waals surface area contributed by atoms with Gasteiger partial charge in [-0.3, -0.25) is 0 Å². The summed E-state index contributed by atoms with van der Waals surface area (Å²) in [5.41, 5.74) is 0.298. The van der Waals surface area contributed by atoms with Crippen molar-refractivity contribution in [1.82, 2.24) is 4.98 Å². The Morgan fingerprint density at radius 1 is 1.07 bits per heavy atom. The maximum atomic E-state index is 11.9. The Morgan fingerprint density at radius 3 is 2.38 bits per heavy atom. The van der Waals surface area contributed by atoms with Crippen molar-refractivity contribution in [3.8, 4) is 17.2 Å². The fourth-order valence-electron chi connectivity index (χ4n) is 2.57. The molecule has 1 heterocycles. The summed E-state index contributed by atoms with van der Waals surface area (Å²) >= 11 is 0. The van der Waals surface area contributed by atoms with Crippen molar-refractivity contribution in [2.24, 2.45) is 0 Å². The quantitative estimate of drug-likeness (QED) is 0.433. The highest BCUT2D eigenvalue weighted by Gasteiger charge is 2.20. The number of fused-ring (bicyclic) bond motifs is 1. The number of aromatic nitrogens is 1. The lowest BCUT2D eigenvalue weighted by Crippen LogP contribution is -2.08. The van der Waals surface area contributed by atoms with Crippen LogP contribution in [-0.4, -0.2) is 23.2 Å². The Hall–Kier alpha value is -3.54. The zero-order valence-electron chi connectivity index (χ0n) is 17.1. The van der Waals surface area contributed by atoms with Crippen LogP contribution in [0.15, 0.2) is 60.9 Å². The highest BCUT2D eigenvalue weighted by molar-refractivity contribution is 6.00. The molecule has 3 aromatic rings. The van der Waals surface area contributed by atoms with E-state index in [-0.39, 0.29) is 18.1 Å². The lowest BCUT2D eigenvalue weighted by Gasteiger charge is -2.13. The van der Waals surface area contributed by atoms with Crippen LogP contribution in [0.1, 0.15) is 37.0 Å². The molecule has 0 bridgehead atoms. The van der Waals surface area contributed by atoms with Crippen molar-refractivity contribution < 1.29 is 24.1 Å². The van der Waals surface area contributed by atoms with Gasteiger partial charge in [-0.15, -0.1) is 0 Å². The summed E-state index contributed by atoms with van der Waals surface area (Å²) in [7, 11) is 1.23. The first-order chi connectivity index (χ1) is 14.0. The number of hydrogen-bond acceptors (Lipinski definition) is 6. The monoisotopic (exact) mass is 395 g/mol. The fourth-order valence-corrected chi connectivity index (χ4v) is 2.57. The number of carbonyl (C=O) groups excluding carboxylic acids is 1. The Balaban J connectivity index is 0.00000145. The maximum absolute atomic E-state index is 11.9. The van der Waals surface area contributed by atoms with Crippen LogP contribution >= 0.6 is 0 Å². The minimum atomic E-state index is -0.726. The Labute approximate surface area is 170 Å². The zero-order valence-corrected chi connectivity index (χ0v) is 17.1. The van der Waals surface area contributed by atoms with Crippen LogP contribution in [0.3, 0.4) is 0 Å². The van der Waals surface area contributed by atoms with E-state index >= 15 is 0 Å². The summed E-state index contributed by atoms with van der Waals surface area (Å²) in [4.78, 5) is 16.2. The van der Waals surface area contributed by atoms with Crippen LogP contribution in [0.25, 0.3) is 10.8 Å². The van der Waals surface area contributed by atoms with E-state index in [9.17, 15) is 9.90 Å². The first-order valence-corrected chi connectivity index (χ1v) is 9.24. The summed E-state index contributed by atoms with van der Waals surface area (Å²) < 4.78 is 16.0. The van der Waals surface area contributed by atoms with Gasteiger partial charge in [0.15, 0.2) is 11.4 Å². The molecular weight excluding hydrogens is 370 g/mol. The summed E-state index contributed by atoms with van der Waals surface area (Å²) in [5.74, 6) is 0.782. The van der Waals surface area contributed by atoms with E-state index in [0.29, 0.717) is 33.7 Å². The van der Waals surface area contributed by atoms with Crippen LogP contribution in [0.5, 0.6) is 17.2 Å². The molecule has 6 heteroatoms. The first kappa shape index (κ1) is 21.8. The van der Waals surface area contributed by atoms with Crippen LogP contribution in [0, 0.1) is 0 Å². The van der Waals surface area contributed by atoms with E-state index < -0.39 is 5.97 Å². The van der Waals surface area contributed by atoms with Crippen LogP contribution in [0.4, 0.5) is 0 Å². The van der Waals surface area contributed by atoms with Crippen LogP contribution < -0.4 is 4.74 Å². The molecule has 0 saturated carbocycles. The fraction of sp³-hybridized carbons (Fsp3) is 0.217. The molecule has 6 nitrogen and oxygen atoms in total. The molecule has 0 radical (unpaired) electrons. The molecule has 3 rings (SSSR count). The van der Waals surface area contributed by atoms with E-state index in [4.69, 9.17) is 14.2 Å². The number of hydrogen-bond donors (Lipinski definition) is 1. The molecule has 152 valence electrons. The molecule has 0 aliphatic carbocycles. The Bertz CT molecular complexity index is 999. The molecule has 29 heavy (non-hydrogen) atoms. The molecular formula is C23H25NO5. The maximum Gasteiger partial charge on any atom is 0.360 e. The minimum Gasteiger partial charge on any atom is -0.505 e. The largest absolute Gasteiger partial charge is 0.505 e. The van der Waals surface area contributed by atoms with E-state index in [2.05, 4.69) is 11.6 Å². The number of pyridine rings is 1.